The van der Waals surface area contributed by atoms with Crippen LogP contribution in [-0.2, 0) is 4.79 Å². The van der Waals surface area contributed by atoms with Gasteiger partial charge in [-0.2, -0.15) is 0 Å². The SMILES string of the molecule is CC(C)(NC(=O)c1cn(-c2c(F)cc(F)cc2F)c2nc(N3C[C@@H](O)CC3=O)ccc2c1=O)C(F)F. The van der Waals surface area contributed by atoms with E-state index in [0.717, 1.165) is 24.8 Å². The zero-order valence-electron chi connectivity index (χ0n) is 18.9. The van der Waals surface area contributed by atoms with Crippen LogP contribution in [0.15, 0.2) is 35.3 Å². The predicted octanol–water partition coefficient (Wildman–Crippen LogP) is 2.67. The van der Waals surface area contributed by atoms with E-state index in [1.54, 1.807) is 0 Å². The number of amides is 2. The molecule has 190 valence electrons. The highest BCUT2D eigenvalue weighted by Crippen LogP contribution is 2.27. The molecule has 1 saturated heterocycles. The lowest BCUT2D eigenvalue weighted by Crippen LogP contribution is -2.50. The number of alkyl halides is 2. The average molecular weight is 510 g/mol. The Morgan fingerprint density at radius 3 is 2.36 bits per heavy atom. The Bertz CT molecular complexity index is 1430. The van der Waals surface area contributed by atoms with E-state index >= 15 is 0 Å². The van der Waals surface area contributed by atoms with Crippen molar-refractivity contribution in [3.8, 4) is 5.69 Å². The summed E-state index contributed by atoms with van der Waals surface area (Å²) in [5.41, 5.74) is -5.07. The van der Waals surface area contributed by atoms with Gasteiger partial charge in [0.1, 0.15) is 22.9 Å². The third-order valence-electron chi connectivity index (χ3n) is 5.67. The summed E-state index contributed by atoms with van der Waals surface area (Å²) < 4.78 is 70.3. The molecule has 1 aliphatic heterocycles. The van der Waals surface area contributed by atoms with Crippen molar-refractivity contribution in [1.82, 2.24) is 14.9 Å². The molecule has 3 heterocycles. The maximum atomic E-state index is 14.7. The number of benzene rings is 1. The van der Waals surface area contributed by atoms with Crippen LogP contribution in [0.3, 0.4) is 0 Å². The van der Waals surface area contributed by atoms with Crippen LogP contribution in [0.4, 0.5) is 27.8 Å². The quantitative estimate of drug-likeness (QED) is 0.514. The number of anilines is 1. The average Bonchev–Trinajstić information content (AvgIpc) is 3.11. The van der Waals surface area contributed by atoms with Crippen molar-refractivity contribution in [2.45, 2.75) is 38.3 Å². The second-order valence-electron chi connectivity index (χ2n) is 8.84. The summed E-state index contributed by atoms with van der Waals surface area (Å²) >= 11 is 0. The van der Waals surface area contributed by atoms with Gasteiger partial charge in [-0.05, 0) is 26.0 Å². The lowest BCUT2D eigenvalue weighted by Gasteiger charge is -2.25. The second kappa shape index (κ2) is 8.97. The number of hydrogen-bond acceptors (Lipinski definition) is 5. The first kappa shape index (κ1) is 25.2. The van der Waals surface area contributed by atoms with Crippen LogP contribution in [0.5, 0.6) is 0 Å². The molecule has 8 nitrogen and oxygen atoms in total. The molecule has 36 heavy (non-hydrogen) atoms. The molecule has 1 fully saturated rings. The number of carbonyl (C=O) groups excluding carboxylic acids is 2. The zero-order chi connectivity index (χ0) is 26.5. The van der Waals surface area contributed by atoms with Crippen molar-refractivity contribution in [1.29, 1.82) is 0 Å². The fourth-order valence-electron chi connectivity index (χ4n) is 3.77. The molecule has 3 aromatic rings. The molecule has 0 radical (unpaired) electrons. The Morgan fingerprint density at radius 1 is 1.17 bits per heavy atom. The minimum atomic E-state index is -3.01. The predicted molar refractivity (Wildman–Crippen MR) is 118 cm³/mol. The van der Waals surface area contributed by atoms with Gasteiger partial charge in [0.15, 0.2) is 17.3 Å². The Labute approximate surface area is 200 Å². The van der Waals surface area contributed by atoms with Crippen molar-refractivity contribution in [3.63, 3.8) is 0 Å². The van der Waals surface area contributed by atoms with Crippen LogP contribution in [-0.4, -0.2) is 51.1 Å². The van der Waals surface area contributed by atoms with Crippen molar-refractivity contribution >= 4 is 28.7 Å². The first-order valence-electron chi connectivity index (χ1n) is 10.6. The third-order valence-corrected chi connectivity index (χ3v) is 5.67. The van der Waals surface area contributed by atoms with Gasteiger partial charge in [-0.25, -0.2) is 26.9 Å². The molecule has 1 atom stereocenters. The van der Waals surface area contributed by atoms with Crippen LogP contribution in [0.2, 0.25) is 0 Å². The van der Waals surface area contributed by atoms with Gasteiger partial charge in [0.2, 0.25) is 11.3 Å². The first-order chi connectivity index (χ1) is 16.8. The number of aliphatic hydroxyl groups excluding tert-OH is 1. The Morgan fingerprint density at radius 2 is 1.81 bits per heavy atom. The number of rotatable bonds is 5. The number of nitrogens with zero attached hydrogens (tertiary/aromatic N) is 3. The molecule has 0 saturated carbocycles. The highest BCUT2D eigenvalue weighted by Gasteiger charge is 2.34. The minimum absolute atomic E-state index is 0.0591. The molecular formula is C23H19F5N4O4. The fourth-order valence-corrected chi connectivity index (χ4v) is 3.77. The number of carbonyl (C=O) groups is 2. The lowest BCUT2D eigenvalue weighted by atomic mass is 10.1. The maximum absolute atomic E-state index is 14.7. The number of aromatic nitrogens is 2. The van der Waals surface area contributed by atoms with Crippen LogP contribution < -0.4 is 15.6 Å². The van der Waals surface area contributed by atoms with E-state index in [0.29, 0.717) is 22.9 Å². The van der Waals surface area contributed by atoms with Gasteiger partial charge in [-0.15, -0.1) is 0 Å². The molecule has 4 rings (SSSR count). The summed E-state index contributed by atoms with van der Waals surface area (Å²) in [6, 6.07) is 3.10. The number of pyridine rings is 2. The smallest absolute Gasteiger partial charge is 0.260 e. The normalized spacial score (nSPS) is 16.3. The van der Waals surface area contributed by atoms with Crippen LogP contribution in [0.25, 0.3) is 16.7 Å². The Kier molecular flexibility index (Phi) is 6.29. The molecule has 0 spiro atoms. The van der Waals surface area contributed by atoms with E-state index in [9.17, 15) is 41.4 Å². The van der Waals surface area contributed by atoms with E-state index in [4.69, 9.17) is 0 Å². The number of aliphatic hydroxyl groups is 1. The number of halogens is 5. The molecule has 1 aliphatic rings. The summed E-state index contributed by atoms with van der Waals surface area (Å²) in [6.07, 6.45) is -3.47. The second-order valence-corrected chi connectivity index (χ2v) is 8.84. The first-order valence-corrected chi connectivity index (χ1v) is 10.6. The van der Waals surface area contributed by atoms with E-state index < -0.39 is 69.7 Å². The van der Waals surface area contributed by atoms with Crippen molar-refractivity contribution in [2.75, 3.05) is 11.4 Å². The van der Waals surface area contributed by atoms with Crippen molar-refractivity contribution < 1.29 is 36.6 Å². The third kappa shape index (κ3) is 4.41. The van der Waals surface area contributed by atoms with E-state index in [1.807, 2.05) is 5.32 Å². The van der Waals surface area contributed by atoms with Gasteiger partial charge in [0.25, 0.3) is 12.3 Å². The summed E-state index contributed by atoms with van der Waals surface area (Å²) in [5, 5.41) is 11.4. The van der Waals surface area contributed by atoms with Gasteiger partial charge in [0.05, 0.1) is 30.0 Å². The largest absolute Gasteiger partial charge is 0.391 e. The van der Waals surface area contributed by atoms with E-state index in [-0.39, 0.29) is 24.2 Å². The molecule has 2 N–H and O–H groups in total. The fraction of sp³-hybridized carbons (Fsp3) is 0.304. The lowest BCUT2D eigenvalue weighted by molar-refractivity contribution is -0.117. The van der Waals surface area contributed by atoms with Gasteiger partial charge >= 0.3 is 0 Å². The highest BCUT2D eigenvalue weighted by molar-refractivity contribution is 5.99. The summed E-state index contributed by atoms with van der Waals surface area (Å²) in [6.45, 7) is 1.91. The Balaban J connectivity index is 1.99. The van der Waals surface area contributed by atoms with Crippen LogP contribution in [0, 0.1) is 17.5 Å². The minimum Gasteiger partial charge on any atom is -0.391 e. The molecule has 0 bridgehead atoms. The molecule has 0 unspecified atom stereocenters. The number of nitrogens with one attached hydrogen (secondary N) is 1. The summed E-state index contributed by atoms with van der Waals surface area (Å²) in [5.74, 6) is -5.84. The molecule has 2 amide bonds. The summed E-state index contributed by atoms with van der Waals surface area (Å²) in [4.78, 5) is 43.4. The topological polar surface area (TPSA) is 105 Å². The summed E-state index contributed by atoms with van der Waals surface area (Å²) in [7, 11) is 0. The van der Waals surface area contributed by atoms with Gasteiger partial charge < -0.3 is 10.4 Å². The maximum Gasteiger partial charge on any atom is 0.260 e. The molecule has 0 aliphatic carbocycles. The number of hydrogen-bond donors (Lipinski definition) is 2. The standard InChI is InChI=1S/C23H19F5N4O4/c1-23(2,22(27)28)30-21(36)13-9-32(18-14(25)5-10(24)6-15(18)26)20-12(19(13)35)3-4-16(29-20)31-8-11(33)7-17(31)34/h3-6,9,11,22,33H,7-8H2,1-2H3,(H,30,36)/t11-/m0/s1. The molecule has 2 aromatic heterocycles. The molecule has 1 aromatic carbocycles. The van der Waals surface area contributed by atoms with Gasteiger partial charge in [-0.3, -0.25) is 23.9 Å². The van der Waals surface area contributed by atoms with Crippen LogP contribution in [0.1, 0.15) is 30.6 Å². The van der Waals surface area contributed by atoms with E-state index in [2.05, 4.69) is 4.98 Å². The van der Waals surface area contributed by atoms with Crippen LogP contribution >= 0.6 is 0 Å². The monoisotopic (exact) mass is 510 g/mol. The van der Waals surface area contributed by atoms with E-state index in [1.165, 1.54) is 6.07 Å². The zero-order valence-corrected chi connectivity index (χ0v) is 18.9. The number of β-amino-alcohol motifs (C(OH)–C–C–N with tert-alkyl or cyclic N) is 1. The Hall–Kier alpha value is -3.87. The van der Waals surface area contributed by atoms with Crippen molar-refractivity contribution in [3.05, 3.63) is 63.7 Å². The molecular weight excluding hydrogens is 491 g/mol. The molecule has 13 heteroatoms. The van der Waals surface area contributed by atoms with Gasteiger partial charge in [-0.1, -0.05) is 0 Å². The van der Waals surface area contributed by atoms with Gasteiger partial charge in [0, 0.05) is 18.3 Å². The highest BCUT2D eigenvalue weighted by atomic mass is 19.3. The number of fused-ring (bicyclic) bond motifs is 1. The van der Waals surface area contributed by atoms with Crippen molar-refractivity contribution in [2.24, 2.45) is 0 Å².